The third kappa shape index (κ3) is 3.71. The molecule has 96 valence electrons. The second-order valence-electron chi connectivity index (χ2n) is 3.75. The number of hydrogen-bond acceptors (Lipinski definition) is 5. The van der Waals surface area contributed by atoms with E-state index in [2.05, 4.69) is 5.32 Å². The molecule has 1 atom stereocenters. The molecule has 1 aromatic rings. The highest BCUT2D eigenvalue weighted by molar-refractivity contribution is 5.59. The number of benzene rings is 1. The topological polar surface area (TPSA) is 88.2 Å². The van der Waals surface area contributed by atoms with E-state index in [4.69, 9.17) is 10.00 Å². The van der Waals surface area contributed by atoms with E-state index in [1.807, 2.05) is 13.8 Å². The Morgan fingerprint density at radius 1 is 1.61 bits per heavy atom. The average molecular weight is 249 g/mol. The summed E-state index contributed by atoms with van der Waals surface area (Å²) in [4.78, 5) is 10.2. The van der Waals surface area contributed by atoms with Crippen LogP contribution in [0.2, 0.25) is 0 Å². The lowest BCUT2D eigenvalue weighted by atomic mass is 10.2. The molecule has 18 heavy (non-hydrogen) atoms. The standard InChI is InChI=1S/C12H15N3O3/c1-3-18-9(2)8-14-11-5-4-10(7-13)12(6-11)15(16)17/h4-6,9,14H,3,8H2,1-2H3. The van der Waals surface area contributed by atoms with Gasteiger partial charge in [0.1, 0.15) is 11.6 Å². The largest absolute Gasteiger partial charge is 0.382 e. The number of anilines is 1. The molecular formula is C12H15N3O3. The highest BCUT2D eigenvalue weighted by Gasteiger charge is 2.14. The van der Waals surface area contributed by atoms with Gasteiger partial charge in [0.2, 0.25) is 0 Å². The van der Waals surface area contributed by atoms with Crippen LogP contribution in [0.25, 0.3) is 0 Å². The maximum absolute atomic E-state index is 10.8. The van der Waals surface area contributed by atoms with E-state index in [0.717, 1.165) is 0 Å². The first-order chi connectivity index (χ1) is 8.58. The number of rotatable bonds is 6. The zero-order valence-electron chi connectivity index (χ0n) is 10.3. The predicted octanol–water partition coefficient (Wildman–Crippen LogP) is 2.30. The van der Waals surface area contributed by atoms with Crippen molar-refractivity contribution < 1.29 is 9.66 Å². The number of ether oxygens (including phenoxy) is 1. The van der Waals surface area contributed by atoms with Crippen LogP contribution in [-0.4, -0.2) is 24.2 Å². The van der Waals surface area contributed by atoms with Crippen LogP contribution in [0.5, 0.6) is 0 Å². The molecule has 1 unspecified atom stereocenters. The van der Waals surface area contributed by atoms with E-state index in [1.165, 1.54) is 12.1 Å². The molecule has 6 heteroatoms. The second kappa shape index (κ2) is 6.57. The summed E-state index contributed by atoms with van der Waals surface area (Å²) < 4.78 is 5.34. The molecule has 6 nitrogen and oxygen atoms in total. The van der Waals surface area contributed by atoms with E-state index in [0.29, 0.717) is 18.8 Å². The molecule has 0 saturated heterocycles. The van der Waals surface area contributed by atoms with Gasteiger partial charge in [-0.3, -0.25) is 10.1 Å². The van der Waals surface area contributed by atoms with Crippen molar-refractivity contribution in [3.05, 3.63) is 33.9 Å². The maximum Gasteiger partial charge on any atom is 0.289 e. The van der Waals surface area contributed by atoms with Gasteiger partial charge in [0.05, 0.1) is 11.0 Å². The fraction of sp³-hybridized carbons (Fsp3) is 0.417. The second-order valence-corrected chi connectivity index (χ2v) is 3.75. The SMILES string of the molecule is CCOC(C)CNc1ccc(C#N)c([N+](=O)[O-])c1. The fourth-order valence-electron chi connectivity index (χ4n) is 1.49. The third-order valence-electron chi connectivity index (χ3n) is 2.36. The number of nitriles is 1. The number of nitrogens with zero attached hydrogens (tertiary/aromatic N) is 2. The lowest BCUT2D eigenvalue weighted by Gasteiger charge is -2.13. The van der Waals surface area contributed by atoms with Gasteiger partial charge in [-0.05, 0) is 26.0 Å². The van der Waals surface area contributed by atoms with Gasteiger partial charge in [0.15, 0.2) is 0 Å². The van der Waals surface area contributed by atoms with E-state index < -0.39 is 4.92 Å². The van der Waals surface area contributed by atoms with Crippen LogP contribution in [0, 0.1) is 21.4 Å². The Labute approximate surface area is 105 Å². The van der Waals surface area contributed by atoms with Gasteiger partial charge in [-0.2, -0.15) is 5.26 Å². The summed E-state index contributed by atoms with van der Waals surface area (Å²) in [6.07, 6.45) is 0.0182. The van der Waals surface area contributed by atoms with Gasteiger partial charge >= 0.3 is 0 Å². The van der Waals surface area contributed by atoms with Gasteiger partial charge in [0, 0.05) is 24.9 Å². The molecule has 0 aliphatic heterocycles. The summed E-state index contributed by atoms with van der Waals surface area (Å²) in [6.45, 7) is 4.99. The Bertz CT molecular complexity index is 468. The van der Waals surface area contributed by atoms with Gasteiger partial charge < -0.3 is 10.1 Å². The van der Waals surface area contributed by atoms with Crippen molar-refractivity contribution in [2.24, 2.45) is 0 Å². The first kappa shape index (κ1) is 13.9. The van der Waals surface area contributed by atoms with Crippen molar-refractivity contribution in [2.75, 3.05) is 18.5 Å². The van der Waals surface area contributed by atoms with Crippen LogP contribution in [0.15, 0.2) is 18.2 Å². The first-order valence-electron chi connectivity index (χ1n) is 5.62. The van der Waals surface area contributed by atoms with Crippen molar-refractivity contribution in [1.82, 2.24) is 0 Å². The Morgan fingerprint density at radius 2 is 2.33 bits per heavy atom. The molecule has 0 fully saturated rings. The number of nitro groups is 1. The third-order valence-corrected chi connectivity index (χ3v) is 2.36. The van der Waals surface area contributed by atoms with Crippen molar-refractivity contribution in [3.63, 3.8) is 0 Å². The Kier molecular flexibility index (Phi) is 5.08. The van der Waals surface area contributed by atoms with Gasteiger partial charge in [-0.25, -0.2) is 0 Å². The molecule has 0 radical (unpaired) electrons. The maximum atomic E-state index is 10.8. The molecule has 0 spiro atoms. The molecule has 0 aromatic heterocycles. The van der Waals surface area contributed by atoms with Crippen molar-refractivity contribution in [1.29, 1.82) is 5.26 Å². The van der Waals surface area contributed by atoms with Gasteiger partial charge in [-0.15, -0.1) is 0 Å². The molecule has 1 aromatic carbocycles. The molecule has 0 saturated carbocycles. The van der Waals surface area contributed by atoms with E-state index in [1.54, 1.807) is 12.1 Å². The normalized spacial score (nSPS) is 11.6. The zero-order valence-corrected chi connectivity index (χ0v) is 10.3. The van der Waals surface area contributed by atoms with E-state index in [-0.39, 0.29) is 17.4 Å². The van der Waals surface area contributed by atoms with Gasteiger partial charge in [0.25, 0.3) is 5.69 Å². The quantitative estimate of drug-likeness (QED) is 0.617. The number of nitro benzene ring substituents is 1. The summed E-state index contributed by atoms with van der Waals surface area (Å²) in [5, 5.41) is 22.6. The van der Waals surface area contributed by atoms with Crippen molar-refractivity contribution in [2.45, 2.75) is 20.0 Å². The van der Waals surface area contributed by atoms with Crippen LogP contribution in [-0.2, 0) is 4.74 Å². The van der Waals surface area contributed by atoms with Gasteiger partial charge in [-0.1, -0.05) is 0 Å². The molecular weight excluding hydrogens is 234 g/mol. The molecule has 0 heterocycles. The minimum Gasteiger partial charge on any atom is -0.382 e. The molecule has 1 N–H and O–H groups in total. The summed E-state index contributed by atoms with van der Waals surface area (Å²) in [6, 6.07) is 6.23. The van der Waals surface area contributed by atoms with Crippen LogP contribution >= 0.6 is 0 Å². The predicted molar refractivity (Wildman–Crippen MR) is 67.4 cm³/mol. The van der Waals surface area contributed by atoms with E-state index in [9.17, 15) is 10.1 Å². The molecule has 0 aliphatic rings. The smallest absolute Gasteiger partial charge is 0.289 e. The lowest BCUT2D eigenvalue weighted by molar-refractivity contribution is -0.385. The Hall–Kier alpha value is -2.13. The summed E-state index contributed by atoms with van der Waals surface area (Å²) in [7, 11) is 0. The Morgan fingerprint density at radius 3 is 2.89 bits per heavy atom. The van der Waals surface area contributed by atoms with Crippen LogP contribution in [0.4, 0.5) is 11.4 Å². The summed E-state index contributed by atoms with van der Waals surface area (Å²) >= 11 is 0. The number of hydrogen-bond donors (Lipinski definition) is 1. The average Bonchev–Trinajstić information content (AvgIpc) is 2.36. The summed E-state index contributed by atoms with van der Waals surface area (Å²) in [5.41, 5.74) is 0.474. The highest BCUT2D eigenvalue weighted by atomic mass is 16.6. The van der Waals surface area contributed by atoms with Crippen LogP contribution in [0.3, 0.4) is 0 Å². The molecule has 0 bridgehead atoms. The first-order valence-corrected chi connectivity index (χ1v) is 5.62. The monoisotopic (exact) mass is 249 g/mol. The lowest BCUT2D eigenvalue weighted by Crippen LogP contribution is -2.19. The zero-order chi connectivity index (χ0) is 13.5. The van der Waals surface area contributed by atoms with Crippen molar-refractivity contribution in [3.8, 4) is 6.07 Å². The minimum atomic E-state index is -0.560. The van der Waals surface area contributed by atoms with Crippen LogP contribution in [0.1, 0.15) is 19.4 Å². The van der Waals surface area contributed by atoms with Crippen LogP contribution < -0.4 is 5.32 Å². The Balaban J connectivity index is 2.77. The highest BCUT2D eigenvalue weighted by Crippen LogP contribution is 2.22. The fourth-order valence-corrected chi connectivity index (χ4v) is 1.49. The molecule has 0 amide bonds. The van der Waals surface area contributed by atoms with Crippen molar-refractivity contribution >= 4 is 11.4 Å². The molecule has 0 aliphatic carbocycles. The number of nitrogens with one attached hydrogen (secondary N) is 1. The minimum absolute atomic E-state index is 0.0182. The molecule has 1 rings (SSSR count). The summed E-state index contributed by atoms with van der Waals surface area (Å²) in [5.74, 6) is 0. The van der Waals surface area contributed by atoms with E-state index >= 15 is 0 Å².